The molecule has 0 saturated carbocycles. The molecule has 0 atom stereocenters. The van der Waals surface area contributed by atoms with Gasteiger partial charge in [0.25, 0.3) is 0 Å². The van der Waals surface area contributed by atoms with Gasteiger partial charge in [-0.3, -0.25) is 4.79 Å². The Bertz CT molecular complexity index is 625. The number of anilines is 1. The van der Waals surface area contributed by atoms with E-state index in [1.165, 1.54) is 11.3 Å². The van der Waals surface area contributed by atoms with Crippen molar-refractivity contribution in [1.82, 2.24) is 10.2 Å². The summed E-state index contributed by atoms with van der Waals surface area (Å²) in [5.41, 5.74) is 1.05. The number of benzene rings is 1. The number of nitrogens with one attached hydrogen (secondary N) is 1. The molecule has 0 saturated heterocycles. The number of nitrogens with zero attached hydrogens (tertiary/aromatic N) is 2. The van der Waals surface area contributed by atoms with Crippen molar-refractivity contribution in [2.45, 2.75) is 45.4 Å². The van der Waals surface area contributed by atoms with Crippen LogP contribution < -0.4 is 5.32 Å². The molecule has 0 fully saturated rings. The van der Waals surface area contributed by atoms with Gasteiger partial charge in [0, 0.05) is 17.4 Å². The van der Waals surface area contributed by atoms with Crippen LogP contribution in [0.4, 0.5) is 5.13 Å². The molecule has 2 aromatic rings. The third kappa shape index (κ3) is 4.78. The number of hydrogen-bond acceptors (Lipinski definition) is 4. The first kappa shape index (κ1) is 16.9. The summed E-state index contributed by atoms with van der Waals surface area (Å²) in [7, 11) is 0. The van der Waals surface area contributed by atoms with E-state index in [2.05, 4.69) is 29.4 Å². The number of aromatic nitrogens is 2. The second-order valence-electron chi connectivity index (χ2n) is 5.14. The Morgan fingerprint density at radius 3 is 2.77 bits per heavy atom. The summed E-state index contributed by atoms with van der Waals surface area (Å²) in [6, 6.07) is 7.56. The van der Waals surface area contributed by atoms with Crippen LogP contribution in [0.25, 0.3) is 0 Å². The molecule has 1 aromatic carbocycles. The SMILES string of the molecule is CCC(CC)c1nnc(NC(=O)CCc2cccc(Cl)c2)s1. The standard InChI is InChI=1S/C16H20ClN3OS/c1-3-12(4-2)15-19-20-16(22-15)18-14(21)9-8-11-6-5-7-13(17)10-11/h5-7,10,12H,3-4,8-9H2,1-2H3,(H,18,20,21). The van der Waals surface area contributed by atoms with E-state index in [0.717, 1.165) is 23.4 Å². The van der Waals surface area contributed by atoms with E-state index in [1.54, 1.807) is 0 Å². The van der Waals surface area contributed by atoms with Crippen molar-refractivity contribution in [3.05, 3.63) is 39.9 Å². The van der Waals surface area contributed by atoms with Crippen molar-refractivity contribution in [1.29, 1.82) is 0 Å². The quantitative estimate of drug-likeness (QED) is 0.799. The van der Waals surface area contributed by atoms with Crippen LogP contribution in [0.15, 0.2) is 24.3 Å². The predicted octanol–water partition coefficient (Wildman–Crippen LogP) is 4.67. The van der Waals surface area contributed by atoms with Crippen molar-refractivity contribution < 1.29 is 4.79 Å². The Labute approximate surface area is 139 Å². The molecule has 0 unspecified atom stereocenters. The number of aryl methyl sites for hydroxylation is 1. The highest BCUT2D eigenvalue weighted by molar-refractivity contribution is 7.15. The van der Waals surface area contributed by atoms with E-state index in [0.29, 0.717) is 28.9 Å². The fraction of sp³-hybridized carbons (Fsp3) is 0.438. The van der Waals surface area contributed by atoms with Gasteiger partial charge in [0.05, 0.1) is 0 Å². The number of hydrogen-bond donors (Lipinski definition) is 1. The van der Waals surface area contributed by atoms with Gasteiger partial charge in [0.15, 0.2) is 0 Å². The topological polar surface area (TPSA) is 54.9 Å². The lowest BCUT2D eigenvalue weighted by Crippen LogP contribution is -2.12. The monoisotopic (exact) mass is 337 g/mol. The van der Waals surface area contributed by atoms with E-state index >= 15 is 0 Å². The maximum Gasteiger partial charge on any atom is 0.226 e. The first-order chi connectivity index (χ1) is 10.6. The average Bonchev–Trinajstić information content (AvgIpc) is 2.95. The van der Waals surface area contributed by atoms with Gasteiger partial charge in [-0.1, -0.05) is 48.9 Å². The van der Waals surface area contributed by atoms with Crippen LogP contribution in [0.5, 0.6) is 0 Å². The number of carbonyl (C=O) groups is 1. The predicted molar refractivity (Wildman–Crippen MR) is 91.6 cm³/mol. The average molecular weight is 338 g/mol. The summed E-state index contributed by atoms with van der Waals surface area (Å²) in [6.07, 6.45) is 3.13. The third-order valence-corrected chi connectivity index (χ3v) is 4.79. The zero-order valence-electron chi connectivity index (χ0n) is 12.8. The Kier molecular flexibility index (Phi) is 6.34. The van der Waals surface area contributed by atoms with Crippen molar-refractivity contribution in [3.8, 4) is 0 Å². The van der Waals surface area contributed by atoms with E-state index in [-0.39, 0.29) is 5.91 Å². The van der Waals surface area contributed by atoms with Crippen molar-refractivity contribution >= 4 is 34.0 Å². The molecule has 1 amide bonds. The molecule has 4 nitrogen and oxygen atoms in total. The minimum absolute atomic E-state index is 0.0489. The van der Waals surface area contributed by atoms with E-state index in [1.807, 2.05) is 24.3 Å². The lowest BCUT2D eigenvalue weighted by molar-refractivity contribution is -0.116. The van der Waals surface area contributed by atoms with Crippen LogP contribution in [0.3, 0.4) is 0 Å². The van der Waals surface area contributed by atoms with Gasteiger partial charge in [-0.15, -0.1) is 10.2 Å². The highest BCUT2D eigenvalue weighted by atomic mass is 35.5. The molecule has 0 aliphatic rings. The molecule has 0 aliphatic carbocycles. The van der Waals surface area contributed by atoms with Crippen molar-refractivity contribution in [2.24, 2.45) is 0 Å². The molecule has 0 aliphatic heterocycles. The second kappa shape index (κ2) is 8.25. The number of carbonyl (C=O) groups excluding carboxylic acids is 1. The van der Waals surface area contributed by atoms with Gasteiger partial charge >= 0.3 is 0 Å². The molecule has 0 bridgehead atoms. The first-order valence-electron chi connectivity index (χ1n) is 7.50. The first-order valence-corrected chi connectivity index (χ1v) is 8.69. The summed E-state index contributed by atoms with van der Waals surface area (Å²) in [5, 5.41) is 13.3. The van der Waals surface area contributed by atoms with Crippen LogP contribution >= 0.6 is 22.9 Å². The summed E-state index contributed by atoms with van der Waals surface area (Å²) in [6.45, 7) is 4.28. The fourth-order valence-electron chi connectivity index (χ4n) is 2.22. The van der Waals surface area contributed by atoms with Crippen molar-refractivity contribution in [3.63, 3.8) is 0 Å². The summed E-state index contributed by atoms with van der Waals surface area (Å²) >= 11 is 7.40. The zero-order chi connectivity index (χ0) is 15.9. The van der Waals surface area contributed by atoms with Gasteiger partial charge in [0.1, 0.15) is 5.01 Å². The smallest absolute Gasteiger partial charge is 0.226 e. The minimum atomic E-state index is -0.0489. The van der Waals surface area contributed by atoms with E-state index < -0.39 is 0 Å². The van der Waals surface area contributed by atoms with Crippen LogP contribution in [-0.2, 0) is 11.2 Å². The zero-order valence-corrected chi connectivity index (χ0v) is 14.4. The van der Waals surface area contributed by atoms with Crippen LogP contribution in [-0.4, -0.2) is 16.1 Å². The van der Waals surface area contributed by atoms with Crippen molar-refractivity contribution in [2.75, 3.05) is 5.32 Å². The van der Waals surface area contributed by atoms with Crippen LogP contribution in [0, 0.1) is 0 Å². The minimum Gasteiger partial charge on any atom is -0.301 e. The second-order valence-corrected chi connectivity index (χ2v) is 6.58. The Morgan fingerprint density at radius 2 is 2.09 bits per heavy atom. The molecule has 0 radical (unpaired) electrons. The summed E-state index contributed by atoms with van der Waals surface area (Å²) in [5.74, 6) is 0.377. The van der Waals surface area contributed by atoms with Gasteiger partial charge in [-0.05, 0) is 37.0 Å². The molecule has 1 aromatic heterocycles. The lowest BCUT2D eigenvalue weighted by atomic mass is 10.1. The maximum absolute atomic E-state index is 12.0. The molecular weight excluding hydrogens is 318 g/mol. The fourth-order valence-corrected chi connectivity index (χ4v) is 3.46. The maximum atomic E-state index is 12.0. The molecular formula is C16H20ClN3OS. The van der Waals surface area contributed by atoms with Crippen LogP contribution in [0.2, 0.25) is 5.02 Å². The number of rotatable bonds is 7. The molecule has 2 rings (SSSR count). The third-order valence-electron chi connectivity index (χ3n) is 3.55. The highest BCUT2D eigenvalue weighted by Crippen LogP contribution is 2.28. The van der Waals surface area contributed by atoms with Gasteiger partial charge in [-0.2, -0.15) is 0 Å². The Morgan fingerprint density at radius 1 is 1.32 bits per heavy atom. The molecule has 6 heteroatoms. The number of halogens is 1. The molecule has 1 heterocycles. The normalized spacial score (nSPS) is 10.9. The van der Waals surface area contributed by atoms with Gasteiger partial charge in [0.2, 0.25) is 11.0 Å². The van der Waals surface area contributed by atoms with E-state index in [9.17, 15) is 4.79 Å². The lowest BCUT2D eigenvalue weighted by Gasteiger charge is -2.05. The van der Waals surface area contributed by atoms with Crippen LogP contribution in [0.1, 0.15) is 49.6 Å². The van der Waals surface area contributed by atoms with E-state index in [4.69, 9.17) is 11.6 Å². The van der Waals surface area contributed by atoms with Gasteiger partial charge in [-0.25, -0.2) is 0 Å². The molecule has 0 spiro atoms. The largest absolute Gasteiger partial charge is 0.301 e. The summed E-state index contributed by atoms with van der Waals surface area (Å²) < 4.78 is 0. The highest BCUT2D eigenvalue weighted by Gasteiger charge is 2.14. The Hall–Kier alpha value is -1.46. The van der Waals surface area contributed by atoms with Gasteiger partial charge < -0.3 is 5.32 Å². The Balaban J connectivity index is 1.87. The number of amides is 1. The molecule has 22 heavy (non-hydrogen) atoms. The molecule has 1 N–H and O–H groups in total. The summed E-state index contributed by atoms with van der Waals surface area (Å²) in [4.78, 5) is 12.0. The molecule has 118 valence electrons.